The van der Waals surface area contributed by atoms with Gasteiger partial charge in [0.25, 0.3) is 5.91 Å². The summed E-state index contributed by atoms with van der Waals surface area (Å²) in [6.45, 7) is 0.666. The van der Waals surface area contributed by atoms with Gasteiger partial charge in [-0.05, 0) is 25.0 Å². The molecule has 0 aliphatic heterocycles. The summed E-state index contributed by atoms with van der Waals surface area (Å²) in [5, 5.41) is 2.86. The highest BCUT2D eigenvalue weighted by Crippen LogP contribution is 2.13. The fraction of sp³-hybridized carbons (Fsp3) is 0.538. The van der Waals surface area contributed by atoms with Gasteiger partial charge in [-0.3, -0.25) is 4.79 Å². The molecule has 1 heterocycles. The smallest absolute Gasteiger partial charge is 0.256 e. The van der Waals surface area contributed by atoms with Gasteiger partial charge in [0.15, 0.2) is 0 Å². The van der Waals surface area contributed by atoms with Crippen molar-refractivity contribution in [3.05, 3.63) is 23.9 Å². The Hall–Kier alpha value is -1.29. The van der Waals surface area contributed by atoms with Crippen molar-refractivity contribution < 1.29 is 9.53 Å². The number of methoxy groups -OCH3 is 1. The minimum atomic E-state index is -0.141. The van der Waals surface area contributed by atoms with E-state index in [1.165, 1.54) is 7.11 Å². The van der Waals surface area contributed by atoms with Gasteiger partial charge < -0.3 is 10.1 Å². The summed E-state index contributed by atoms with van der Waals surface area (Å²) >= 11 is 5.59. The number of nitrogens with one attached hydrogen (secondary N) is 1. The number of pyridine rings is 1. The third-order valence-corrected chi connectivity index (χ3v) is 2.82. The lowest BCUT2D eigenvalue weighted by atomic mass is 10.2. The molecule has 4 nitrogen and oxygen atoms in total. The van der Waals surface area contributed by atoms with Gasteiger partial charge in [-0.1, -0.05) is 12.8 Å². The Balaban J connectivity index is 2.32. The maximum absolute atomic E-state index is 11.9. The van der Waals surface area contributed by atoms with Crippen LogP contribution < -0.4 is 10.1 Å². The van der Waals surface area contributed by atoms with E-state index in [0.717, 1.165) is 25.7 Å². The minimum absolute atomic E-state index is 0.141. The number of carbonyl (C=O) groups excluding carboxylic acids is 1. The average molecular weight is 271 g/mol. The SMILES string of the molecule is COc1ncccc1C(=O)NCCCCCCCl. The van der Waals surface area contributed by atoms with E-state index in [1.54, 1.807) is 18.3 Å². The van der Waals surface area contributed by atoms with Crippen molar-refractivity contribution in [2.75, 3.05) is 19.5 Å². The summed E-state index contributed by atoms with van der Waals surface area (Å²) in [4.78, 5) is 15.9. The van der Waals surface area contributed by atoms with Gasteiger partial charge in [-0.15, -0.1) is 11.6 Å². The third kappa shape index (κ3) is 4.92. The lowest BCUT2D eigenvalue weighted by Gasteiger charge is -2.07. The highest BCUT2D eigenvalue weighted by Gasteiger charge is 2.11. The van der Waals surface area contributed by atoms with Crippen LogP contribution in [0.3, 0.4) is 0 Å². The van der Waals surface area contributed by atoms with Crippen molar-refractivity contribution in [1.29, 1.82) is 0 Å². The number of alkyl halides is 1. The molecule has 0 atom stereocenters. The zero-order chi connectivity index (χ0) is 13.2. The van der Waals surface area contributed by atoms with Crippen LogP contribution >= 0.6 is 11.6 Å². The van der Waals surface area contributed by atoms with Crippen molar-refractivity contribution in [3.8, 4) is 5.88 Å². The van der Waals surface area contributed by atoms with Gasteiger partial charge in [0.05, 0.1) is 7.11 Å². The number of halogens is 1. The van der Waals surface area contributed by atoms with E-state index >= 15 is 0 Å². The van der Waals surface area contributed by atoms with E-state index in [9.17, 15) is 4.79 Å². The Morgan fingerprint density at radius 2 is 2.17 bits per heavy atom. The molecule has 1 rings (SSSR count). The summed E-state index contributed by atoms with van der Waals surface area (Å²) in [6, 6.07) is 3.42. The number of nitrogens with zero attached hydrogens (tertiary/aromatic N) is 1. The number of rotatable bonds is 8. The molecule has 18 heavy (non-hydrogen) atoms. The van der Waals surface area contributed by atoms with E-state index < -0.39 is 0 Å². The molecule has 0 spiro atoms. The van der Waals surface area contributed by atoms with Crippen molar-refractivity contribution in [2.24, 2.45) is 0 Å². The summed E-state index contributed by atoms with van der Waals surface area (Å²) in [5.41, 5.74) is 0.473. The topological polar surface area (TPSA) is 51.2 Å². The Kier molecular flexibility index (Phi) is 7.18. The zero-order valence-electron chi connectivity index (χ0n) is 10.6. The van der Waals surface area contributed by atoms with E-state index in [0.29, 0.717) is 23.9 Å². The maximum atomic E-state index is 11.9. The number of aromatic nitrogens is 1. The van der Waals surface area contributed by atoms with E-state index in [-0.39, 0.29) is 5.91 Å². The molecule has 1 N–H and O–H groups in total. The lowest BCUT2D eigenvalue weighted by Crippen LogP contribution is -2.25. The van der Waals surface area contributed by atoms with E-state index in [4.69, 9.17) is 16.3 Å². The van der Waals surface area contributed by atoms with Gasteiger partial charge in [0.1, 0.15) is 5.56 Å². The van der Waals surface area contributed by atoms with Gasteiger partial charge in [-0.2, -0.15) is 0 Å². The van der Waals surface area contributed by atoms with Crippen LogP contribution in [0.25, 0.3) is 0 Å². The molecule has 5 heteroatoms. The molecule has 0 bridgehead atoms. The molecule has 0 saturated carbocycles. The van der Waals surface area contributed by atoms with Crippen molar-refractivity contribution in [3.63, 3.8) is 0 Å². The monoisotopic (exact) mass is 270 g/mol. The Morgan fingerprint density at radius 1 is 1.39 bits per heavy atom. The lowest BCUT2D eigenvalue weighted by molar-refractivity contribution is 0.0949. The highest BCUT2D eigenvalue weighted by molar-refractivity contribution is 6.17. The first-order chi connectivity index (χ1) is 8.79. The number of hydrogen-bond donors (Lipinski definition) is 1. The van der Waals surface area contributed by atoms with E-state index in [2.05, 4.69) is 10.3 Å². The molecule has 0 aliphatic carbocycles. The van der Waals surface area contributed by atoms with Crippen molar-refractivity contribution in [2.45, 2.75) is 25.7 Å². The van der Waals surface area contributed by atoms with Crippen LogP contribution in [0.1, 0.15) is 36.0 Å². The summed E-state index contributed by atoms with van der Waals surface area (Å²) < 4.78 is 5.04. The molecular weight excluding hydrogens is 252 g/mol. The van der Waals surface area contributed by atoms with Crippen molar-refractivity contribution >= 4 is 17.5 Å². The normalized spacial score (nSPS) is 10.1. The van der Waals surface area contributed by atoms with Crippen LogP contribution in [0.15, 0.2) is 18.3 Å². The van der Waals surface area contributed by atoms with Gasteiger partial charge in [-0.25, -0.2) is 4.98 Å². The Bertz CT molecular complexity index is 372. The van der Waals surface area contributed by atoms with Crippen LogP contribution in [-0.2, 0) is 0 Å². The van der Waals surface area contributed by atoms with Gasteiger partial charge in [0.2, 0.25) is 5.88 Å². The molecule has 0 saturated heterocycles. The zero-order valence-corrected chi connectivity index (χ0v) is 11.4. The number of carbonyl (C=O) groups is 1. The molecule has 0 aliphatic rings. The highest BCUT2D eigenvalue weighted by atomic mass is 35.5. The Labute approximate surface area is 113 Å². The molecule has 1 aromatic heterocycles. The van der Waals surface area contributed by atoms with Crippen LogP contribution in [0, 0.1) is 0 Å². The summed E-state index contributed by atoms with van der Waals surface area (Å²) in [7, 11) is 1.51. The largest absolute Gasteiger partial charge is 0.480 e. The molecular formula is C13H19ClN2O2. The first-order valence-electron chi connectivity index (χ1n) is 6.12. The predicted molar refractivity (Wildman–Crippen MR) is 72.3 cm³/mol. The fourth-order valence-electron chi connectivity index (χ4n) is 1.60. The third-order valence-electron chi connectivity index (χ3n) is 2.56. The van der Waals surface area contributed by atoms with Crippen LogP contribution in [0.4, 0.5) is 0 Å². The number of ether oxygens (including phenoxy) is 1. The van der Waals surface area contributed by atoms with Crippen LogP contribution in [0.5, 0.6) is 5.88 Å². The predicted octanol–water partition coefficient (Wildman–Crippen LogP) is 2.62. The number of amides is 1. The number of hydrogen-bond acceptors (Lipinski definition) is 3. The molecule has 1 amide bonds. The standard InChI is InChI=1S/C13H19ClN2O2/c1-18-13-11(7-6-10-16-13)12(17)15-9-5-3-2-4-8-14/h6-7,10H,2-5,8-9H2,1H3,(H,15,17). The van der Waals surface area contributed by atoms with Crippen LogP contribution in [-0.4, -0.2) is 30.4 Å². The van der Waals surface area contributed by atoms with E-state index in [1.807, 2.05) is 0 Å². The summed E-state index contributed by atoms with van der Waals surface area (Å²) in [6.07, 6.45) is 5.78. The van der Waals surface area contributed by atoms with Gasteiger partial charge in [0, 0.05) is 18.6 Å². The summed E-state index contributed by atoms with van der Waals surface area (Å²) in [5.74, 6) is 0.925. The van der Waals surface area contributed by atoms with Gasteiger partial charge >= 0.3 is 0 Å². The fourth-order valence-corrected chi connectivity index (χ4v) is 1.79. The second kappa shape index (κ2) is 8.75. The quantitative estimate of drug-likeness (QED) is 0.584. The molecule has 0 aromatic carbocycles. The Morgan fingerprint density at radius 3 is 2.89 bits per heavy atom. The molecule has 0 unspecified atom stereocenters. The molecule has 0 fully saturated rings. The average Bonchev–Trinajstić information content (AvgIpc) is 2.42. The first kappa shape index (κ1) is 14.8. The number of unbranched alkanes of at least 4 members (excludes halogenated alkanes) is 3. The second-order valence-electron chi connectivity index (χ2n) is 3.92. The first-order valence-corrected chi connectivity index (χ1v) is 6.66. The minimum Gasteiger partial charge on any atom is -0.480 e. The van der Waals surface area contributed by atoms with Crippen LogP contribution in [0.2, 0.25) is 0 Å². The van der Waals surface area contributed by atoms with Crippen molar-refractivity contribution in [1.82, 2.24) is 10.3 Å². The molecule has 100 valence electrons. The molecule has 0 radical (unpaired) electrons. The maximum Gasteiger partial charge on any atom is 0.256 e. The molecule has 1 aromatic rings. The second-order valence-corrected chi connectivity index (χ2v) is 4.30.